The molecule has 0 saturated carbocycles. The molecule has 0 heterocycles. The number of anilines is 4. The van der Waals surface area contributed by atoms with Crippen molar-refractivity contribution in [3.63, 3.8) is 0 Å². The second kappa shape index (κ2) is 8.88. The summed E-state index contributed by atoms with van der Waals surface area (Å²) in [4.78, 5) is 59.8. The van der Waals surface area contributed by atoms with Crippen LogP contribution in [0.25, 0.3) is 0 Å². The summed E-state index contributed by atoms with van der Waals surface area (Å²) in [6, 6.07) is 0. The van der Waals surface area contributed by atoms with Gasteiger partial charge in [-0.25, -0.2) is 0 Å². The van der Waals surface area contributed by atoms with Gasteiger partial charge in [0.25, 0.3) is 0 Å². The van der Waals surface area contributed by atoms with Crippen LogP contribution in [0.5, 0.6) is 0 Å². The van der Waals surface area contributed by atoms with Crippen LogP contribution < -0.4 is 22.9 Å². The molecule has 0 aliphatic carbocycles. The largest absolute Gasteiger partial charge is 0.387 e. The van der Waals surface area contributed by atoms with E-state index >= 15 is 0 Å². The minimum Gasteiger partial charge on any atom is -0.387 e. The highest BCUT2D eigenvalue weighted by Crippen LogP contribution is 2.54. The highest BCUT2D eigenvalue weighted by atomic mass is 16.6. The van der Waals surface area contributed by atoms with Gasteiger partial charge in [-0.05, 0) is 0 Å². The zero-order valence-corrected chi connectivity index (χ0v) is 16.8. The van der Waals surface area contributed by atoms with Crippen molar-refractivity contribution >= 4 is 68.2 Å². The van der Waals surface area contributed by atoms with Crippen LogP contribution in [-0.4, -0.2) is 29.5 Å². The Balaban J connectivity index is 3.15. The van der Waals surface area contributed by atoms with Crippen LogP contribution in [-0.2, 0) is 0 Å². The van der Waals surface area contributed by atoms with Gasteiger partial charge in [0.15, 0.2) is 22.7 Å². The second-order valence-electron chi connectivity index (χ2n) is 6.19. The molecule has 24 heteroatoms. The van der Waals surface area contributed by atoms with Crippen molar-refractivity contribution in [2.24, 2.45) is 10.2 Å². The Morgan fingerprint density at radius 1 is 0.389 bits per heavy atom. The van der Waals surface area contributed by atoms with E-state index in [4.69, 9.17) is 22.9 Å². The molecule has 2 rings (SSSR count). The van der Waals surface area contributed by atoms with E-state index in [-0.39, 0.29) is 0 Å². The van der Waals surface area contributed by atoms with Gasteiger partial charge in [-0.3, -0.25) is 60.7 Å². The average molecular weight is 512 g/mol. The first-order valence-electron chi connectivity index (χ1n) is 8.33. The first kappa shape index (κ1) is 25.9. The molecule has 36 heavy (non-hydrogen) atoms. The molecule has 0 bridgehead atoms. The van der Waals surface area contributed by atoms with Crippen LogP contribution in [0.1, 0.15) is 0 Å². The van der Waals surface area contributed by atoms with E-state index in [1.54, 1.807) is 0 Å². The number of nitrogens with zero attached hydrogens (tertiary/aromatic N) is 8. The zero-order valence-electron chi connectivity index (χ0n) is 16.8. The third kappa shape index (κ3) is 3.93. The number of nitro groups is 6. The van der Waals surface area contributed by atoms with Crippen molar-refractivity contribution in [1.82, 2.24) is 0 Å². The van der Waals surface area contributed by atoms with Crippen molar-refractivity contribution in [3.8, 4) is 0 Å². The van der Waals surface area contributed by atoms with Gasteiger partial charge in [-0.2, -0.15) is 0 Å². The average Bonchev–Trinajstić information content (AvgIpc) is 2.69. The van der Waals surface area contributed by atoms with Gasteiger partial charge < -0.3 is 22.9 Å². The number of azo groups is 1. The van der Waals surface area contributed by atoms with Crippen LogP contribution in [0.4, 0.5) is 68.2 Å². The number of nitro benzene ring substituents is 6. The molecule has 2 aromatic carbocycles. The summed E-state index contributed by atoms with van der Waals surface area (Å²) in [7, 11) is 0. The molecule has 0 aliphatic rings. The first-order valence-corrected chi connectivity index (χ1v) is 8.33. The molecule has 0 fully saturated rings. The Morgan fingerprint density at radius 2 is 0.556 bits per heavy atom. The van der Waals surface area contributed by atoms with E-state index in [1.165, 1.54) is 0 Å². The lowest BCUT2D eigenvalue weighted by Gasteiger charge is -2.07. The van der Waals surface area contributed by atoms with Gasteiger partial charge in [0, 0.05) is 0 Å². The van der Waals surface area contributed by atoms with Gasteiger partial charge in [-0.1, -0.05) is 0 Å². The van der Waals surface area contributed by atoms with Crippen molar-refractivity contribution < 1.29 is 29.5 Å². The van der Waals surface area contributed by atoms with Gasteiger partial charge in [0.1, 0.15) is 0 Å². The Kier molecular flexibility index (Phi) is 6.39. The maximum absolute atomic E-state index is 11.5. The van der Waals surface area contributed by atoms with E-state index in [1.807, 2.05) is 0 Å². The fraction of sp³-hybridized carbons (Fsp3) is 0. The Bertz CT molecular complexity index is 1260. The van der Waals surface area contributed by atoms with Gasteiger partial charge in [0.2, 0.25) is 11.4 Å². The SMILES string of the molecule is Nc1c([N+](=O)[O-])c(N)c([N+](=O)[O-])c(/N=N/c2c([N+](=O)[O-])c(N)c([N+](=O)[O-])c(N)c2[N+](=O)[O-])c1[N+](=O)[O-]. The second-order valence-corrected chi connectivity index (χ2v) is 6.19. The van der Waals surface area contributed by atoms with Gasteiger partial charge in [-0.15, -0.1) is 10.2 Å². The third-order valence-corrected chi connectivity index (χ3v) is 4.28. The lowest BCUT2D eigenvalue weighted by Crippen LogP contribution is -2.08. The van der Waals surface area contributed by atoms with Gasteiger partial charge >= 0.3 is 34.1 Å². The maximum atomic E-state index is 11.5. The molecule has 0 atom stereocenters. The molecule has 188 valence electrons. The van der Waals surface area contributed by atoms with Crippen LogP contribution in [0.3, 0.4) is 0 Å². The molecular formula is C12H8N12O12. The topological polar surface area (TPSA) is 388 Å². The van der Waals surface area contributed by atoms with E-state index in [0.717, 1.165) is 0 Å². The molecule has 0 unspecified atom stereocenters. The van der Waals surface area contributed by atoms with E-state index in [9.17, 15) is 60.7 Å². The quantitative estimate of drug-likeness (QED) is 0.169. The number of hydrogen-bond acceptors (Lipinski definition) is 18. The summed E-state index contributed by atoms with van der Waals surface area (Å²) in [5, 5.41) is 74.5. The zero-order chi connectivity index (χ0) is 27.8. The van der Waals surface area contributed by atoms with E-state index in [2.05, 4.69) is 10.2 Å². The number of hydrogen-bond donors (Lipinski definition) is 4. The van der Waals surface area contributed by atoms with Crippen LogP contribution in [0.2, 0.25) is 0 Å². The van der Waals surface area contributed by atoms with E-state index < -0.39 is 97.8 Å². The molecule has 8 N–H and O–H groups in total. The minimum absolute atomic E-state index is 1.34. The van der Waals surface area contributed by atoms with Crippen molar-refractivity contribution in [3.05, 3.63) is 60.7 Å². The Labute approximate surface area is 192 Å². The van der Waals surface area contributed by atoms with Crippen LogP contribution >= 0.6 is 0 Å². The van der Waals surface area contributed by atoms with Crippen molar-refractivity contribution in [1.29, 1.82) is 0 Å². The smallest absolute Gasteiger partial charge is 0.333 e. The third-order valence-electron chi connectivity index (χ3n) is 4.28. The normalized spacial score (nSPS) is 10.8. The monoisotopic (exact) mass is 512 g/mol. The van der Waals surface area contributed by atoms with Gasteiger partial charge in [0.05, 0.1) is 29.5 Å². The molecule has 0 aromatic heterocycles. The predicted octanol–water partition coefficient (Wildman–Crippen LogP) is 1.88. The highest BCUT2D eigenvalue weighted by Gasteiger charge is 2.43. The Hall–Kier alpha value is -6.36. The number of nitrogen functional groups attached to an aromatic ring is 4. The molecule has 2 aromatic rings. The minimum atomic E-state index is -1.61. The summed E-state index contributed by atoms with van der Waals surface area (Å²) < 4.78 is 0. The molecule has 0 amide bonds. The van der Waals surface area contributed by atoms with Crippen LogP contribution in [0, 0.1) is 60.7 Å². The molecular weight excluding hydrogens is 504 g/mol. The lowest BCUT2D eigenvalue weighted by molar-refractivity contribution is -0.400. The number of rotatable bonds is 8. The lowest BCUT2D eigenvalue weighted by atomic mass is 10.1. The van der Waals surface area contributed by atoms with Crippen LogP contribution in [0.15, 0.2) is 10.2 Å². The summed E-state index contributed by atoms with van der Waals surface area (Å²) in [6.45, 7) is 0. The molecule has 0 aliphatic heterocycles. The van der Waals surface area contributed by atoms with Crippen molar-refractivity contribution in [2.45, 2.75) is 0 Å². The molecule has 0 spiro atoms. The molecule has 0 radical (unpaired) electrons. The van der Waals surface area contributed by atoms with Crippen molar-refractivity contribution in [2.75, 3.05) is 22.9 Å². The summed E-state index contributed by atoms with van der Waals surface area (Å²) >= 11 is 0. The highest BCUT2D eigenvalue weighted by molar-refractivity contribution is 5.98. The molecule has 24 nitrogen and oxygen atoms in total. The summed E-state index contributed by atoms with van der Waals surface area (Å²) in [5.74, 6) is 0. The fourth-order valence-electron chi connectivity index (χ4n) is 2.90. The number of nitrogens with two attached hydrogens (primary N) is 4. The predicted molar refractivity (Wildman–Crippen MR) is 115 cm³/mol. The maximum Gasteiger partial charge on any atom is 0.333 e. The summed E-state index contributed by atoms with van der Waals surface area (Å²) in [6.07, 6.45) is 0. The Morgan fingerprint density at radius 3 is 0.694 bits per heavy atom. The number of benzene rings is 2. The first-order chi connectivity index (χ1) is 16.6. The molecule has 0 saturated heterocycles. The summed E-state index contributed by atoms with van der Waals surface area (Å²) in [5.41, 5.74) is 3.73. The van der Waals surface area contributed by atoms with E-state index in [0.29, 0.717) is 0 Å². The fourth-order valence-corrected chi connectivity index (χ4v) is 2.90. The standard InChI is InChI=1S/C12H8N12O12/c13-1-7(19(25)26)2(14)10(22(31)32)5(9(1)21(29)30)17-18-6-11(23(33)34)3(15)8(20(27)28)4(16)12(6)24(35)36/h13-16H2/b18-17+.